The van der Waals surface area contributed by atoms with Gasteiger partial charge in [-0.3, -0.25) is 14.6 Å². The summed E-state index contributed by atoms with van der Waals surface area (Å²) in [7, 11) is 3.61. The Labute approximate surface area is 180 Å². The first kappa shape index (κ1) is 22.0. The Balaban J connectivity index is 1.93. The normalized spacial score (nSPS) is 19.4. The number of rotatable bonds is 4. The van der Waals surface area contributed by atoms with Gasteiger partial charge in [-0.15, -0.1) is 0 Å². The summed E-state index contributed by atoms with van der Waals surface area (Å²) in [5.41, 5.74) is 2.20. The Kier molecular flexibility index (Phi) is 6.30. The zero-order valence-corrected chi connectivity index (χ0v) is 18.8. The fourth-order valence-corrected chi connectivity index (χ4v) is 4.43. The molecule has 0 N–H and O–H groups in total. The highest BCUT2D eigenvalue weighted by Crippen LogP contribution is 2.37. The predicted octanol–water partition coefficient (Wildman–Crippen LogP) is 4.03. The molecule has 0 bridgehead atoms. The lowest BCUT2D eigenvalue weighted by Gasteiger charge is -2.44. The summed E-state index contributed by atoms with van der Waals surface area (Å²) < 4.78 is 0. The minimum absolute atomic E-state index is 0.0979. The van der Waals surface area contributed by atoms with Crippen LogP contribution in [-0.2, 0) is 16.0 Å². The number of piperidine rings is 1. The summed E-state index contributed by atoms with van der Waals surface area (Å²) in [6, 6.07) is 12.3. The van der Waals surface area contributed by atoms with Crippen LogP contribution in [0, 0.1) is 10.8 Å². The quantitative estimate of drug-likeness (QED) is 0.769. The average Bonchev–Trinajstić information content (AvgIpc) is 2.73. The minimum Gasteiger partial charge on any atom is -0.348 e. The summed E-state index contributed by atoms with van der Waals surface area (Å²) in [5, 5.41) is 0. The fraction of sp³-hybridized carbons (Fsp3) is 0.480. The molecule has 1 aliphatic rings. The molecule has 5 heteroatoms. The van der Waals surface area contributed by atoms with E-state index in [9.17, 15) is 9.59 Å². The first-order valence-electron chi connectivity index (χ1n) is 10.6. The lowest BCUT2D eigenvalue weighted by molar-refractivity contribution is -0.150. The highest BCUT2D eigenvalue weighted by Gasteiger charge is 2.45. The van der Waals surface area contributed by atoms with Crippen molar-refractivity contribution in [3.8, 4) is 11.1 Å². The van der Waals surface area contributed by atoms with Crippen molar-refractivity contribution < 1.29 is 9.59 Å². The first-order valence-corrected chi connectivity index (χ1v) is 10.6. The van der Waals surface area contributed by atoms with Gasteiger partial charge in [-0.1, -0.05) is 51.1 Å². The Morgan fingerprint density at radius 2 is 1.87 bits per heavy atom. The van der Waals surface area contributed by atoms with Crippen LogP contribution >= 0.6 is 0 Å². The molecule has 1 saturated heterocycles. The second-order valence-corrected chi connectivity index (χ2v) is 9.68. The van der Waals surface area contributed by atoms with Crippen molar-refractivity contribution in [1.82, 2.24) is 14.8 Å². The number of benzene rings is 1. The Bertz CT molecular complexity index is 902. The number of amides is 2. The van der Waals surface area contributed by atoms with Crippen LogP contribution in [0.2, 0.25) is 0 Å². The zero-order chi connectivity index (χ0) is 21.9. The number of carbonyl (C=O) groups is 2. The van der Waals surface area contributed by atoms with Crippen molar-refractivity contribution in [2.75, 3.05) is 27.2 Å². The SMILES string of the molecule is CN(C)C(=O)[C@@]1(Cc2cccc(-c3cccnc3)c2)CCCN(C(=O)C(C)(C)C)C1. The van der Waals surface area contributed by atoms with Crippen LogP contribution in [0.25, 0.3) is 11.1 Å². The molecule has 2 aromatic rings. The van der Waals surface area contributed by atoms with Crippen molar-refractivity contribution in [1.29, 1.82) is 0 Å². The van der Waals surface area contributed by atoms with Crippen molar-refractivity contribution in [3.05, 3.63) is 54.4 Å². The van der Waals surface area contributed by atoms with E-state index in [1.165, 1.54) is 0 Å². The topological polar surface area (TPSA) is 53.5 Å². The molecule has 160 valence electrons. The maximum atomic E-state index is 13.4. The molecule has 0 radical (unpaired) electrons. The predicted molar refractivity (Wildman–Crippen MR) is 120 cm³/mol. The lowest BCUT2D eigenvalue weighted by atomic mass is 9.73. The second-order valence-electron chi connectivity index (χ2n) is 9.68. The van der Waals surface area contributed by atoms with E-state index in [0.29, 0.717) is 19.5 Å². The van der Waals surface area contributed by atoms with Gasteiger partial charge in [0, 0.05) is 45.0 Å². The minimum atomic E-state index is -0.601. The third-order valence-corrected chi connectivity index (χ3v) is 5.83. The van der Waals surface area contributed by atoms with Gasteiger partial charge >= 0.3 is 0 Å². The highest BCUT2D eigenvalue weighted by atomic mass is 16.2. The van der Waals surface area contributed by atoms with Crippen LogP contribution in [0.3, 0.4) is 0 Å². The molecule has 0 unspecified atom stereocenters. The van der Waals surface area contributed by atoms with Crippen molar-refractivity contribution >= 4 is 11.8 Å². The van der Waals surface area contributed by atoms with Crippen molar-refractivity contribution in [2.24, 2.45) is 10.8 Å². The summed E-state index contributed by atoms with van der Waals surface area (Å²) >= 11 is 0. The Morgan fingerprint density at radius 3 is 2.50 bits per heavy atom. The summed E-state index contributed by atoms with van der Waals surface area (Å²) in [4.78, 5) is 34.2. The van der Waals surface area contributed by atoms with Crippen LogP contribution in [-0.4, -0.2) is 53.8 Å². The van der Waals surface area contributed by atoms with Crippen LogP contribution in [0.5, 0.6) is 0 Å². The molecule has 1 fully saturated rings. The highest BCUT2D eigenvalue weighted by molar-refractivity contribution is 5.86. The summed E-state index contributed by atoms with van der Waals surface area (Å²) in [6.45, 7) is 7.01. The van der Waals surface area contributed by atoms with Crippen LogP contribution in [0.15, 0.2) is 48.8 Å². The lowest BCUT2D eigenvalue weighted by Crippen LogP contribution is -2.55. The molecule has 1 aromatic heterocycles. The number of carbonyl (C=O) groups excluding carboxylic acids is 2. The molecule has 30 heavy (non-hydrogen) atoms. The number of pyridine rings is 1. The van der Waals surface area contributed by atoms with E-state index in [4.69, 9.17) is 0 Å². The van der Waals surface area contributed by atoms with E-state index in [-0.39, 0.29) is 11.8 Å². The molecule has 1 aliphatic heterocycles. The van der Waals surface area contributed by atoms with Gasteiger partial charge < -0.3 is 9.80 Å². The van der Waals surface area contributed by atoms with Crippen LogP contribution in [0.4, 0.5) is 0 Å². The standard InChI is InChI=1S/C25H33N3O2/c1-24(2,3)22(29)28-14-8-12-25(18-28,23(30)27(4)5)16-19-9-6-10-20(15-19)21-11-7-13-26-17-21/h6-7,9-11,13,15,17H,8,12,14,16,18H2,1-5H3/t25-/m1/s1. The van der Waals surface area contributed by atoms with E-state index in [1.807, 2.05) is 50.1 Å². The molecule has 2 amide bonds. The van der Waals surface area contributed by atoms with Gasteiger partial charge in [0.05, 0.1) is 5.41 Å². The largest absolute Gasteiger partial charge is 0.348 e. The molecule has 5 nitrogen and oxygen atoms in total. The first-order chi connectivity index (χ1) is 14.1. The molecule has 1 aromatic carbocycles. The van der Waals surface area contributed by atoms with E-state index < -0.39 is 10.8 Å². The van der Waals surface area contributed by atoms with Crippen molar-refractivity contribution in [2.45, 2.75) is 40.0 Å². The maximum absolute atomic E-state index is 13.4. The molecule has 0 aliphatic carbocycles. The molecular formula is C25H33N3O2. The Hall–Kier alpha value is -2.69. The Morgan fingerprint density at radius 1 is 1.13 bits per heavy atom. The molecule has 3 rings (SSSR count). The van der Waals surface area contributed by atoms with Crippen LogP contribution < -0.4 is 0 Å². The molecule has 0 spiro atoms. The van der Waals surface area contributed by atoms with E-state index >= 15 is 0 Å². The monoisotopic (exact) mass is 407 g/mol. The molecule has 0 saturated carbocycles. The molecule has 1 atom stereocenters. The van der Waals surface area contributed by atoms with E-state index in [0.717, 1.165) is 29.5 Å². The van der Waals surface area contributed by atoms with Gasteiger partial charge in [-0.2, -0.15) is 0 Å². The fourth-order valence-electron chi connectivity index (χ4n) is 4.43. The average molecular weight is 408 g/mol. The maximum Gasteiger partial charge on any atom is 0.230 e. The van der Waals surface area contributed by atoms with Gasteiger partial charge in [0.15, 0.2) is 0 Å². The van der Waals surface area contributed by atoms with E-state index in [1.54, 1.807) is 25.2 Å². The number of aromatic nitrogens is 1. The van der Waals surface area contributed by atoms with Gasteiger partial charge in [-0.05, 0) is 42.0 Å². The number of hydrogen-bond acceptors (Lipinski definition) is 3. The zero-order valence-electron chi connectivity index (χ0n) is 18.8. The molecule has 2 heterocycles. The smallest absolute Gasteiger partial charge is 0.230 e. The van der Waals surface area contributed by atoms with Gasteiger partial charge in [0.1, 0.15) is 0 Å². The summed E-state index contributed by atoms with van der Waals surface area (Å²) in [6.07, 6.45) is 5.86. The van der Waals surface area contributed by atoms with E-state index in [2.05, 4.69) is 23.2 Å². The third-order valence-electron chi connectivity index (χ3n) is 5.83. The van der Waals surface area contributed by atoms with Gasteiger partial charge in [-0.25, -0.2) is 0 Å². The second kappa shape index (κ2) is 8.58. The van der Waals surface area contributed by atoms with Gasteiger partial charge in [0.25, 0.3) is 0 Å². The van der Waals surface area contributed by atoms with Gasteiger partial charge in [0.2, 0.25) is 11.8 Å². The van der Waals surface area contributed by atoms with Crippen molar-refractivity contribution in [3.63, 3.8) is 0 Å². The molecular weight excluding hydrogens is 374 g/mol. The number of nitrogens with zero attached hydrogens (tertiary/aromatic N) is 3. The summed E-state index contributed by atoms with van der Waals surface area (Å²) in [5.74, 6) is 0.211. The number of hydrogen-bond donors (Lipinski definition) is 0. The number of likely N-dealkylation sites (tertiary alicyclic amines) is 1. The third kappa shape index (κ3) is 4.72. The van der Waals surface area contributed by atoms with Crippen LogP contribution in [0.1, 0.15) is 39.2 Å².